The molecule has 0 bridgehead atoms. The second-order valence-corrected chi connectivity index (χ2v) is 6.01. The van der Waals surface area contributed by atoms with Crippen LogP contribution in [0, 0.1) is 0 Å². The Balaban J connectivity index is 1.88. The van der Waals surface area contributed by atoms with Crippen LogP contribution in [0.5, 0.6) is 5.75 Å². The molecule has 0 saturated heterocycles. The maximum absolute atomic E-state index is 12.2. The van der Waals surface area contributed by atoms with Gasteiger partial charge in [0.2, 0.25) is 0 Å². The molecule has 0 amide bonds. The molecule has 3 aromatic rings. The molecule has 0 N–H and O–H groups in total. The first-order chi connectivity index (χ1) is 13.3. The van der Waals surface area contributed by atoms with Gasteiger partial charge in [0.1, 0.15) is 5.75 Å². The van der Waals surface area contributed by atoms with E-state index >= 15 is 0 Å². The number of benzene rings is 2. The van der Waals surface area contributed by atoms with Gasteiger partial charge in [-0.1, -0.05) is 35.9 Å². The molecule has 1 aromatic heterocycles. The number of carbonyl (C=O) groups is 2. The second kappa shape index (κ2) is 7.85. The number of halogens is 4. The fraction of sp³-hybridized carbons (Fsp3) is 0.105. The minimum atomic E-state index is -5.27. The quantitative estimate of drug-likeness (QED) is 0.466. The molecular weight excluding hydrogens is 399 g/mol. The average Bonchev–Trinajstić information content (AvgIpc) is 2.65. The summed E-state index contributed by atoms with van der Waals surface area (Å²) in [5.41, 5.74) is 1.77. The number of fused-ring (bicyclic) bond motifs is 1. The molecule has 0 aliphatic rings. The minimum absolute atomic E-state index is 0.166. The molecule has 5 nitrogen and oxygen atoms in total. The van der Waals surface area contributed by atoms with Crippen LogP contribution in [0.15, 0.2) is 54.7 Å². The van der Waals surface area contributed by atoms with Crippen LogP contribution >= 0.6 is 11.6 Å². The number of hydrogen-bond donors (Lipinski definition) is 0. The first-order valence-electron chi connectivity index (χ1n) is 7.84. The van der Waals surface area contributed by atoms with E-state index in [2.05, 4.69) is 9.72 Å². The van der Waals surface area contributed by atoms with Crippen molar-refractivity contribution in [2.45, 2.75) is 6.18 Å². The Morgan fingerprint density at radius 2 is 1.79 bits per heavy atom. The van der Waals surface area contributed by atoms with Crippen molar-refractivity contribution in [1.82, 2.24) is 4.98 Å². The highest BCUT2D eigenvalue weighted by molar-refractivity contribution is 6.31. The van der Waals surface area contributed by atoms with Crippen LogP contribution in [0.4, 0.5) is 13.2 Å². The van der Waals surface area contributed by atoms with E-state index in [1.807, 2.05) is 12.1 Å². The molecular formula is C19H11ClF3NO4. The molecule has 0 saturated carbocycles. The van der Waals surface area contributed by atoms with E-state index in [0.29, 0.717) is 21.7 Å². The van der Waals surface area contributed by atoms with Gasteiger partial charge in [-0.3, -0.25) is 4.98 Å². The van der Waals surface area contributed by atoms with Gasteiger partial charge in [0.25, 0.3) is 0 Å². The van der Waals surface area contributed by atoms with Crippen LogP contribution in [0.3, 0.4) is 0 Å². The van der Waals surface area contributed by atoms with Gasteiger partial charge in [-0.05, 0) is 24.3 Å². The highest BCUT2D eigenvalue weighted by Gasteiger charge is 2.42. The molecule has 0 aliphatic heterocycles. The smallest absolute Gasteiger partial charge is 0.481 e. The summed E-state index contributed by atoms with van der Waals surface area (Å²) in [6.45, 7) is -0.894. The standard InChI is InChI=1S/C19H11ClF3NO4/c20-12-6-7-15(27-10-16(25)28-18(26)19(21,22)23)14(9-12)13-5-1-3-11-4-2-8-24-17(11)13/h1-9H,10H2. The van der Waals surface area contributed by atoms with Gasteiger partial charge in [0.15, 0.2) is 6.61 Å². The van der Waals surface area contributed by atoms with Crippen molar-refractivity contribution in [2.24, 2.45) is 0 Å². The van der Waals surface area contributed by atoms with E-state index in [9.17, 15) is 22.8 Å². The summed E-state index contributed by atoms with van der Waals surface area (Å²) in [5.74, 6) is -3.91. The summed E-state index contributed by atoms with van der Waals surface area (Å²) in [4.78, 5) is 26.5. The van der Waals surface area contributed by atoms with Crippen molar-refractivity contribution in [1.29, 1.82) is 0 Å². The van der Waals surface area contributed by atoms with E-state index in [4.69, 9.17) is 16.3 Å². The molecule has 0 atom stereocenters. The SMILES string of the molecule is O=C(COc1ccc(Cl)cc1-c1cccc2cccnc12)OC(=O)C(F)(F)F. The summed E-state index contributed by atoms with van der Waals surface area (Å²) in [5, 5.41) is 1.23. The van der Waals surface area contributed by atoms with Gasteiger partial charge >= 0.3 is 18.1 Å². The Labute approximate surface area is 161 Å². The van der Waals surface area contributed by atoms with Crippen molar-refractivity contribution in [3.05, 3.63) is 59.8 Å². The lowest BCUT2D eigenvalue weighted by Gasteiger charge is -2.13. The van der Waals surface area contributed by atoms with Crippen LogP contribution in [-0.4, -0.2) is 29.7 Å². The van der Waals surface area contributed by atoms with Crippen LogP contribution in [0.25, 0.3) is 22.0 Å². The van der Waals surface area contributed by atoms with Crippen LogP contribution in [-0.2, 0) is 14.3 Å². The number of hydrogen-bond acceptors (Lipinski definition) is 5. The Kier molecular flexibility index (Phi) is 5.51. The Morgan fingerprint density at radius 1 is 1.04 bits per heavy atom. The first kappa shape index (κ1) is 19.6. The zero-order chi connectivity index (χ0) is 20.3. The number of nitrogens with zero attached hydrogens (tertiary/aromatic N) is 1. The monoisotopic (exact) mass is 409 g/mol. The fourth-order valence-electron chi connectivity index (χ4n) is 2.49. The number of pyridine rings is 1. The normalized spacial score (nSPS) is 11.3. The molecule has 0 radical (unpaired) electrons. The number of aromatic nitrogens is 1. The second-order valence-electron chi connectivity index (χ2n) is 5.57. The third-order valence-corrected chi connectivity index (χ3v) is 3.88. The Morgan fingerprint density at radius 3 is 2.54 bits per heavy atom. The van der Waals surface area contributed by atoms with Gasteiger partial charge in [-0.2, -0.15) is 13.2 Å². The largest absolute Gasteiger partial charge is 0.491 e. The van der Waals surface area contributed by atoms with Gasteiger partial charge in [0.05, 0.1) is 5.52 Å². The van der Waals surface area contributed by atoms with E-state index in [-0.39, 0.29) is 5.75 Å². The minimum Gasteiger partial charge on any atom is -0.481 e. The zero-order valence-corrected chi connectivity index (χ0v) is 14.8. The third-order valence-electron chi connectivity index (χ3n) is 3.65. The molecule has 2 aromatic carbocycles. The van der Waals surface area contributed by atoms with Crippen molar-refractivity contribution < 1.29 is 32.2 Å². The highest BCUT2D eigenvalue weighted by Crippen LogP contribution is 2.36. The topological polar surface area (TPSA) is 65.5 Å². The molecule has 9 heteroatoms. The summed E-state index contributed by atoms with van der Waals surface area (Å²) < 4.78 is 45.5. The first-order valence-corrected chi connectivity index (χ1v) is 8.22. The molecule has 0 aliphatic carbocycles. The number of para-hydroxylation sites is 1. The van der Waals surface area contributed by atoms with Crippen LogP contribution in [0.2, 0.25) is 5.02 Å². The van der Waals surface area contributed by atoms with Crippen LogP contribution < -0.4 is 4.74 Å². The molecule has 144 valence electrons. The number of ether oxygens (including phenoxy) is 2. The zero-order valence-electron chi connectivity index (χ0n) is 14.0. The Bertz CT molecular complexity index is 1050. The van der Waals surface area contributed by atoms with Crippen molar-refractivity contribution in [3.8, 4) is 16.9 Å². The van der Waals surface area contributed by atoms with E-state index in [1.54, 1.807) is 30.5 Å². The molecule has 0 fully saturated rings. The van der Waals surface area contributed by atoms with Gasteiger partial charge in [0, 0.05) is 27.7 Å². The van der Waals surface area contributed by atoms with E-state index in [0.717, 1.165) is 5.39 Å². The molecule has 3 rings (SSSR count). The van der Waals surface area contributed by atoms with Crippen LogP contribution in [0.1, 0.15) is 0 Å². The summed E-state index contributed by atoms with van der Waals surface area (Å²) in [6.07, 6.45) is -3.66. The van der Waals surface area contributed by atoms with Crippen molar-refractivity contribution in [3.63, 3.8) is 0 Å². The molecule has 1 heterocycles. The number of rotatable bonds is 4. The maximum atomic E-state index is 12.2. The van der Waals surface area contributed by atoms with Gasteiger partial charge < -0.3 is 9.47 Å². The molecule has 0 unspecified atom stereocenters. The predicted molar refractivity (Wildman–Crippen MR) is 94.8 cm³/mol. The Hall–Kier alpha value is -3.13. The van der Waals surface area contributed by atoms with E-state index < -0.39 is 24.7 Å². The fourth-order valence-corrected chi connectivity index (χ4v) is 2.66. The predicted octanol–water partition coefficient (Wildman–Crippen LogP) is 4.57. The molecule has 28 heavy (non-hydrogen) atoms. The summed E-state index contributed by atoms with van der Waals surface area (Å²) >= 11 is 6.06. The lowest BCUT2D eigenvalue weighted by molar-refractivity contribution is -0.202. The highest BCUT2D eigenvalue weighted by atomic mass is 35.5. The number of alkyl halides is 3. The lowest BCUT2D eigenvalue weighted by Crippen LogP contribution is -2.30. The lowest BCUT2D eigenvalue weighted by atomic mass is 10.0. The summed E-state index contributed by atoms with van der Waals surface area (Å²) in [6, 6.07) is 13.6. The van der Waals surface area contributed by atoms with Crippen molar-refractivity contribution >= 4 is 34.4 Å². The average molecular weight is 410 g/mol. The van der Waals surface area contributed by atoms with Crippen molar-refractivity contribution in [2.75, 3.05) is 6.61 Å². The van der Waals surface area contributed by atoms with Gasteiger partial charge in [-0.15, -0.1) is 0 Å². The maximum Gasteiger partial charge on any atom is 0.491 e. The molecule has 0 spiro atoms. The van der Waals surface area contributed by atoms with E-state index in [1.165, 1.54) is 12.1 Å². The summed E-state index contributed by atoms with van der Waals surface area (Å²) in [7, 11) is 0. The third kappa shape index (κ3) is 4.40. The number of esters is 2. The van der Waals surface area contributed by atoms with Gasteiger partial charge in [-0.25, -0.2) is 9.59 Å². The number of carbonyl (C=O) groups excluding carboxylic acids is 2.